The average molecular weight is 263 g/mol. The Kier molecular flexibility index (Phi) is 4.18. The Hall–Kier alpha value is -1.58. The van der Waals surface area contributed by atoms with Crippen molar-refractivity contribution >= 4 is 11.6 Å². The topological polar surface area (TPSA) is 48.1 Å². The Balaban J connectivity index is 2.13. The molecule has 2 aromatic rings. The molecule has 1 aromatic heterocycles. The van der Waals surface area contributed by atoms with Gasteiger partial charge < -0.3 is 10.5 Å². The number of halogens is 1. The van der Waals surface area contributed by atoms with Gasteiger partial charge in [-0.1, -0.05) is 23.7 Å². The summed E-state index contributed by atoms with van der Waals surface area (Å²) in [6.07, 6.45) is 0. The zero-order valence-corrected chi connectivity index (χ0v) is 10.9. The van der Waals surface area contributed by atoms with E-state index in [1.54, 1.807) is 0 Å². The molecule has 0 saturated heterocycles. The van der Waals surface area contributed by atoms with E-state index >= 15 is 0 Å². The third kappa shape index (κ3) is 3.00. The SMILES string of the molecule is Cc1cccc(COc2cccc(Cl)c2CN)n1. The van der Waals surface area contributed by atoms with Gasteiger partial charge >= 0.3 is 0 Å². The van der Waals surface area contributed by atoms with Crippen LogP contribution in [0.2, 0.25) is 5.02 Å². The Morgan fingerprint density at radius 3 is 2.72 bits per heavy atom. The second-order valence-corrected chi connectivity index (χ2v) is 4.39. The van der Waals surface area contributed by atoms with Crippen molar-refractivity contribution in [1.82, 2.24) is 4.98 Å². The summed E-state index contributed by atoms with van der Waals surface area (Å²) in [4.78, 5) is 4.38. The Labute approximate surface area is 112 Å². The summed E-state index contributed by atoms with van der Waals surface area (Å²) in [5.41, 5.74) is 8.35. The highest BCUT2D eigenvalue weighted by Gasteiger charge is 2.06. The normalized spacial score (nSPS) is 10.4. The molecule has 0 saturated carbocycles. The van der Waals surface area contributed by atoms with Gasteiger partial charge in [-0.25, -0.2) is 0 Å². The zero-order chi connectivity index (χ0) is 13.0. The summed E-state index contributed by atoms with van der Waals surface area (Å²) in [7, 11) is 0. The minimum absolute atomic E-state index is 0.357. The molecule has 0 unspecified atom stereocenters. The molecular weight excluding hydrogens is 248 g/mol. The number of nitrogens with two attached hydrogens (primary N) is 1. The Bertz CT molecular complexity index is 543. The van der Waals surface area contributed by atoms with Gasteiger partial charge in [0.25, 0.3) is 0 Å². The van der Waals surface area contributed by atoms with Crippen molar-refractivity contribution in [2.24, 2.45) is 5.73 Å². The van der Waals surface area contributed by atoms with Crippen LogP contribution in [-0.4, -0.2) is 4.98 Å². The number of ether oxygens (including phenoxy) is 1. The highest BCUT2D eigenvalue weighted by molar-refractivity contribution is 6.31. The van der Waals surface area contributed by atoms with Crippen LogP contribution >= 0.6 is 11.6 Å². The Morgan fingerprint density at radius 1 is 1.22 bits per heavy atom. The molecule has 0 amide bonds. The fourth-order valence-electron chi connectivity index (χ4n) is 1.70. The Morgan fingerprint density at radius 2 is 2.00 bits per heavy atom. The van der Waals surface area contributed by atoms with Crippen molar-refractivity contribution in [3.8, 4) is 5.75 Å². The maximum absolute atomic E-state index is 6.06. The molecule has 1 aromatic carbocycles. The minimum atomic E-state index is 0.357. The summed E-state index contributed by atoms with van der Waals surface area (Å²) in [6.45, 7) is 2.72. The van der Waals surface area contributed by atoms with Gasteiger partial charge in [0, 0.05) is 22.8 Å². The summed E-state index contributed by atoms with van der Waals surface area (Å²) < 4.78 is 5.72. The number of aromatic nitrogens is 1. The molecule has 0 fully saturated rings. The molecule has 0 atom stereocenters. The number of rotatable bonds is 4. The zero-order valence-electron chi connectivity index (χ0n) is 10.2. The monoisotopic (exact) mass is 262 g/mol. The largest absolute Gasteiger partial charge is 0.487 e. The number of hydrogen-bond acceptors (Lipinski definition) is 3. The van der Waals surface area contributed by atoms with E-state index in [4.69, 9.17) is 22.1 Å². The predicted molar refractivity (Wildman–Crippen MR) is 72.6 cm³/mol. The molecule has 0 aliphatic carbocycles. The van der Waals surface area contributed by atoms with E-state index in [-0.39, 0.29) is 0 Å². The molecule has 1 heterocycles. The van der Waals surface area contributed by atoms with Gasteiger partial charge in [-0.15, -0.1) is 0 Å². The third-order valence-electron chi connectivity index (χ3n) is 2.60. The van der Waals surface area contributed by atoms with E-state index in [0.717, 1.165) is 17.0 Å². The van der Waals surface area contributed by atoms with Crippen molar-refractivity contribution < 1.29 is 4.74 Å². The van der Waals surface area contributed by atoms with E-state index in [2.05, 4.69) is 4.98 Å². The maximum Gasteiger partial charge on any atom is 0.130 e. The first-order valence-electron chi connectivity index (χ1n) is 5.73. The van der Waals surface area contributed by atoms with Crippen LogP contribution < -0.4 is 10.5 Å². The van der Waals surface area contributed by atoms with Gasteiger partial charge in [-0.2, -0.15) is 0 Å². The lowest BCUT2D eigenvalue weighted by Gasteiger charge is -2.11. The fraction of sp³-hybridized carbons (Fsp3) is 0.214. The van der Waals surface area contributed by atoms with Crippen molar-refractivity contribution in [1.29, 1.82) is 0 Å². The number of nitrogens with zero attached hydrogens (tertiary/aromatic N) is 1. The average Bonchev–Trinajstić information content (AvgIpc) is 2.36. The van der Waals surface area contributed by atoms with Crippen molar-refractivity contribution in [2.75, 3.05) is 0 Å². The summed E-state index contributed by atoms with van der Waals surface area (Å²) >= 11 is 6.06. The highest BCUT2D eigenvalue weighted by Crippen LogP contribution is 2.26. The molecule has 94 valence electrons. The maximum atomic E-state index is 6.06. The van der Waals surface area contributed by atoms with E-state index < -0.39 is 0 Å². The van der Waals surface area contributed by atoms with Gasteiger partial charge in [0.15, 0.2) is 0 Å². The lowest BCUT2D eigenvalue weighted by atomic mass is 10.2. The van der Waals surface area contributed by atoms with Crippen LogP contribution in [0.15, 0.2) is 36.4 Å². The molecule has 18 heavy (non-hydrogen) atoms. The smallest absolute Gasteiger partial charge is 0.130 e. The van der Waals surface area contributed by atoms with Crippen LogP contribution in [0.25, 0.3) is 0 Å². The summed E-state index contributed by atoms with van der Waals surface area (Å²) in [6, 6.07) is 11.4. The second kappa shape index (κ2) is 5.85. The lowest BCUT2D eigenvalue weighted by molar-refractivity contribution is 0.298. The van der Waals surface area contributed by atoms with Crippen molar-refractivity contribution in [3.05, 3.63) is 58.4 Å². The molecule has 0 bridgehead atoms. The van der Waals surface area contributed by atoms with Crippen LogP contribution in [0.1, 0.15) is 17.0 Å². The first-order valence-corrected chi connectivity index (χ1v) is 6.11. The van der Waals surface area contributed by atoms with Crippen LogP contribution in [0.5, 0.6) is 5.75 Å². The summed E-state index contributed by atoms with van der Waals surface area (Å²) in [5, 5.41) is 0.632. The predicted octanol–water partition coefficient (Wildman–Crippen LogP) is 3.08. The molecule has 0 aliphatic rings. The molecule has 2 rings (SSSR count). The van der Waals surface area contributed by atoms with E-state index in [1.165, 1.54) is 0 Å². The molecule has 0 aliphatic heterocycles. The quantitative estimate of drug-likeness (QED) is 0.921. The van der Waals surface area contributed by atoms with Crippen LogP contribution in [0.4, 0.5) is 0 Å². The minimum Gasteiger partial charge on any atom is -0.487 e. The number of aryl methyl sites for hydroxylation is 1. The van der Waals surface area contributed by atoms with Crippen molar-refractivity contribution in [3.63, 3.8) is 0 Å². The molecule has 3 nitrogen and oxygen atoms in total. The van der Waals surface area contributed by atoms with Gasteiger partial charge in [-0.05, 0) is 31.2 Å². The third-order valence-corrected chi connectivity index (χ3v) is 2.96. The van der Waals surface area contributed by atoms with Crippen LogP contribution in [0, 0.1) is 6.92 Å². The number of hydrogen-bond donors (Lipinski definition) is 1. The van der Waals surface area contributed by atoms with Crippen LogP contribution in [0.3, 0.4) is 0 Å². The van der Waals surface area contributed by atoms with Gasteiger partial charge in [0.2, 0.25) is 0 Å². The standard InChI is InChI=1S/C14H15ClN2O/c1-10-4-2-5-11(17-10)9-18-14-7-3-6-13(15)12(14)8-16/h2-7H,8-9,16H2,1H3. The van der Waals surface area contributed by atoms with E-state index in [9.17, 15) is 0 Å². The van der Waals surface area contributed by atoms with Crippen LogP contribution in [-0.2, 0) is 13.2 Å². The molecule has 0 spiro atoms. The second-order valence-electron chi connectivity index (χ2n) is 3.98. The highest BCUT2D eigenvalue weighted by atomic mass is 35.5. The first kappa shape index (κ1) is 12.9. The van der Waals surface area contributed by atoms with Gasteiger partial charge in [-0.3, -0.25) is 4.98 Å². The van der Waals surface area contributed by atoms with Gasteiger partial charge in [0.1, 0.15) is 12.4 Å². The van der Waals surface area contributed by atoms with Gasteiger partial charge in [0.05, 0.1) is 5.69 Å². The molecular formula is C14H15ClN2O. The first-order chi connectivity index (χ1) is 8.70. The summed E-state index contributed by atoms with van der Waals surface area (Å²) in [5.74, 6) is 0.716. The van der Waals surface area contributed by atoms with E-state index in [1.807, 2.05) is 43.3 Å². The number of benzene rings is 1. The molecule has 0 radical (unpaired) electrons. The molecule has 2 N–H and O–H groups in total. The number of pyridine rings is 1. The fourth-order valence-corrected chi connectivity index (χ4v) is 1.95. The lowest BCUT2D eigenvalue weighted by Crippen LogP contribution is -2.04. The van der Waals surface area contributed by atoms with Crippen molar-refractivity contribution in [2.45, 2.75) is 20.1 Å². The molecule has 4 heteroatoms. The van der Waals surface area contributed by atoms with E-state index in [0.29, 0.717) is 23.9 Å².